The minimum Gasteiger partial charge on any atom is -0.357 e. The third-order valence-corrected chi connectivity index (χ3v) is 8.10. The lowest BCUT2D eigenvalue weighted by molar-refractivity contribution is 0.573. The lowest BCUT2D eigenvalue weighted by Crippen LogP contribution is -2.29. The van der Waals surface area contributed by atoms with E-state index in [2.05, 4.69) is 51.6 Å². The summed E-state index contributed by atoms with van der Waals surface area (Å²) in [4.78, 5) is 21.6. The fourth-order valence-electron chi connectivity index (χ4n) is 4.83. The molecule has 0 amide bonds. The molecule has 5 aromatic rings. The van der Waals surface area contributed by atoms with E-state index in [1.54, 1.807) is 0 Å². The van der Waals surface area contributed by atoms with Gasteiger partial charge in [0.15, 0.2) is 0 Å². The first-order valence-electron chi connectivity index (χ1n) is 12.4. The highest BCUT2D eigenvalue weighted by molar-refractivity contribution is 7.18. The molecule has 35 heavy (non-hydrogen) atoms. The van der Waals surface area contributed by atoms with Crippen molar-refractivity contribution in [1.82, 2.24) is 19.9 Å². The largest absolute Gasteiger partial charge is 0.357 e. The van der Waals surface area contributed by atoms with Gasteiger partial charge in [-0.3, -0.25) is 4.98 Å². The van der Waals surface area contributed by atoms with E-state index in [-0.39, 0.29) is 0 Å². The number of hydrogen-bond acceptors (Lipinski definition) is 7. The van der Waals surface area contributed by atoms with Gasteiger partial charge < -0.3 is 10.2 Å². The molecule has 0 radical (unpaired) electrons. The van der Waals surface area contributed by atoms with Crippen molar-refractivity contribution >= 4 is 49.8 Å². The Balaban J connectivity index is 1.23. The van der Waals surface area contributed by atoms with Crippen molar-refractivity contribution in [2.75, 3.05) is 23.3 Å². The van der Waals surface area contributed by atoms with E-state index in [1.165, 1.54) is 41.8 Å². The number of thiazole rings is 1. The topological polar surface area (TPSA) is 66.8 Å². The molecule has 174 valence electrons. The van der Waals surface area contributed by atoms with Crippen LogP contribution in [-0.2, 0) is 0 Å². The molecular formula is C28H26N6S. The van der Waals surface area contributed by atoms with Gasteiger partial charge >= 0.3 is 0 Å². The zero-order chi connectivity index (χ0) is 23.2. The molecule has 0 atom stereocenters. The van der Waals surface area contributed by atoms with Gasteiger partial charge in [0.2, 0.25) is 0 Å². The van der Waals surface area contributed by atoms with Crippen LogP contribution in [0.1, 0.15) is 43.0 Å². The average molecular weight is 479 g/mol. The summed E-state index contributed by atoms with van der Waals surface area (Å²) in [6.07, 6.45) is 10.1. The van der Waals surface area contributed by atoms with Gasteiger partial charge in [0, 0.05) is 48.0 Å². The number of benzene rings is 1. The zero-order valence-electron chi connectivity index (χ0n) is 19.4. The number of nitrogens with one attached hydrogen (secondary N) is 1. The number of aromatic nitrogens is 4. The van der Waals surface area contributed by atoms with Gasteiger partial charge in [-0.2, -0.15) is 0 Å². The summed E-state index contributed by atoms with van der Waals surface area (Å²) < 4.78 is 1.22. The molecule has 7 heteroatoms. The van der Waals surface area contributed by atoms with Crippen LogP contribution in [0.2, 0.25) is 0 Å². The molecule has 4 aromatic heterocycles. The van der Waals surface area contributed by atoms with Crippen molar-refractivity contribution in [2.45, 2.75) is 38.0 Å². The average Bonchev–Trinajstić information content (AvgIpc) is 3.68. The number of nitrogens with zero attached hydrogens (tertiary/aromatic N) is 5. The van der Waals surface area contributed by atoms with Crippen molar-refractivity contribution in [2.24, 2.45) is 0 Å². The number of fused-ring (bicyclic) bond motifs is 2. The van der Waals surface area contributed by atoms with Gasteiger partial charge in [0.25, 0.3) is 0 Å². The van der Waals surface area contributed by atoms with Crippen LogP contribution in [0.3, 0.4) is 0 Å². The van der Waals surface area contributed by atoms with E-state index in [0.29, 0.717) is 5.92 Å². The molecule has 7 rings (SSSR count). The van der Waals surface area contributed by atoms with E-state index in [9.17, 15) is 0 Å². The molecule has 5 heterocycles. The van der Waals surface area contributed by atoms with Crippen LogP contribution < -0.4 is 10.2 Å². The Morgan fingerprint density at radius 2 is 1.80 bits per heavy atom. The van der Waals surface area contributed by atoms with E-state index in [4.69, 9.17) is 15.0 Å². The fraction of sp³-hybridized carbons (Fsp3) is 0.286. The van der Waals surface area contributed by atoms with Crippen molar-refractivity contribution in [3.05, 3.63) is 65.9 Å². The SMILES string of the molecule is c1cnc2cc(-c3ccc(N4CCCCC4)nc3)nc(Nc3ccc4nc(C5CC5)sc4c3)c2c1. The highest BCUT2D eigenvalue weighted by Crippen LogP contribution is 2.43. The van der Waals surface area contributed by atoms with Gasteiger partial charge in [0.05, 0.1) is 26.4 Å². The minimum atomic E-state index is 0.673. The molecule has 1 N–H and O–H groups in total. The van der Waals surface area contributed by atoms with Crippen LogP contribution in [-0.4, -0.2) is 33.0 Å². The maximum atomic E-state index is 5.02. The van der Waals surface area contributed by atoms with E-state index in [0.717, 1.165) is 58.1 Å². The Morgan fingerprint density at radius 1 is 0.886 bits per heavy atom. The summed E-state index contributed by atoms with van der Waals surface area (Å²) in [7, 11) is 0. The molecule has 0 unspecified atom stereocenters. The first-order valence-corrected chi connectivity index (χ1v) is 13.3. The second-order valence-electron chi connectivity index (χ2n) is 9.51. The van der Waals surface area contributed by atoms with E-state index >= 15 is 0 Å². The third kappa shape index (κ3) is 4.10. The Hall–Kier alpha value is -3.58. The van der Waals surface area contributed by atoms with Gasteiger partial charge in [-0.25, -0.2) is 15.0 Å². The van der Waals surface area contributed by atoms with Crippen LogP contribution in [0, 0.1) is 0 Å². The molecule has 1 aliphatic carbocycles. The smallest absolute Gasteiger partial charge is 0.140 e. The Labute approximate surface area is 208 Å². The lowest BCUT2D eigenvalue weighted by Gasteiger charge is -2.27. The highest BCUT2D eigenvalue weighted by Gasteiger charge is 2.27. The summed E-state index contributed by atoms with van der Waals surface area (Å²) in [6.45, 7) is 2.18. The molecule has 1 aromatic carbocycles. The molecule has 1 aliphatic heterocycles. The Kier molecular flexibility index (Phi) is 5.09. The van der Waals surface area contributed by atoms with Crippen LogP contribution in [0.5, 0.6) is 0 Å². The second-order valence-corrected chi connectivity index (χ2v) is 10.6. The molecule has 2 aliphatic rings. The van der Waals surface area contributed by atoms with Crippen molar-refractivity contribution in [3.63, 3.8) is 0 Å². The van der Waals surface area contributed by atoms with Crippen molar-refractivity contribution in [3.8, 4) is 11.3 Å². The molecule has 1 saturated carbocycles. The molecule has 0 spiro atoms. The number of piperidine rings is 1. The highest BCUT2D eigenvalue weighted by atomic mass is 32.1. The summed E-state index contributed by atoms with van der Waals surface area (Å²) >= 11 is 1.81. The summed E-state index contributed by atoms with van der Waals surface area (Å²) in [6, 6.07) is 16.7. The minimum absolute atomic E-state index is 0.673. The molecule has 0 bridgehead atoms. The van der Waals surface area contributed by atoms with Gasteiger partial charge in [-0.05, 0) is 80.6 Å². The summed E-state index contributed by atoms with van der Waals surface area (Å²) in [5.74, 6) is 2.53. The standard InChI is InChI=1S/C28H26N6S/c1-2-13-34(14-3-1)26-11-8-19(17-30-26)23-16-24-21(5-4-12-29-24)27(32-23)31-20-9-10-22-25(15-20)35-28(33-22)18-6-7-18/h4-5,8-12,15-18H,1-3,6-7,13-14H2,(H,31,32). The molecule has 1 saturated heterocycles. The number of pyridine rings is 3. The monoisotopic (exact) mass is 478 g/mol. The van der Waals surface area contributed by atoms with Gasteiger partial charge in [0.1, 0.15) is 11.6 Å². The van der Waals surface area contributed by atoms with Crippen LogP contribution in [0.4, 0.5) is 17.3 Å². The fourth-order valence-corrected chi connectivity index (χ4v) is 6.00. The first-order chi connectivity index (χ1) is 17.3. The first kappa shape index (κ1) is 20.8. The van der Waals surface area contributed by atoms with Gasteiger partial charge in [-0.1, -0.05) is 0 Å². The predicted octanol–water partition coefficient (Wildman–Crippen LogP) is 6.91. The van der Waals surface area contributed by atoms with Crippen molar-refractivity contribution in [1.29, 1.82) is 0 Å². The number of anilines is 3. The quantitative estimate of drug-likeness (QED) is 0.296. The van der Waals surface area contributed by atoms with Crippen LogP contribution in [0.25, 0.3) is 32.4 Å². The second kappa shape index (κ2) is 8.57. The van der Waals surface area contributed by atoms with Crippen molar-refractivity contribution < 1.29 is 0 Å². The Morgan fingerprint density at radius 3 is 2.63 bits per heavy atom. The lowest BCUT2D eigenvalue weighted by atomic mass is 10.1. The van der Waals surface area contributed by atoms with E-state index in [1.807, 2.05) is 35.9 Å². The van der Waals surface area contributed by atoms with Gasteiger partial charge in [-0.15, -0.1) is 11.3 Å². The predicted molar refractivity (Wildman–Crippen MR) is 144 cm³/mol. The summed E-state index contributed by atoms with van der Waals surface area (Å²) in [5, 5.41) is 5.83. The summed E-state index contributed by atoms with van der Waals surface area (Å²) in [5.41, 5.74) is 4.86. The third-order valence-electron chi connectivity index (χ3n) is 6.92. The number of rotatable bonds is 5. The maximum absolute atomic E-state index is 5.02. The molecule has 6 nitrogen and oxygen atoms in total. The van der Waals surface area contributed by atoms with E-state index < -0.39 is 0 Å². The Bertz CT molecular complexity index is 1520. The normalized spacial score (nSPS) is 16.2. The zero-order valence-corrected chi connectivity index (χ0v) is 20.3. The van der Waals surface area contributed by atoms with Crippen LogP contribution in [0.15, 0.2) is 60.9 Å². The molecular weight excluding hydrogens is 452 g/mol. The van der Waals surface area contributed by atoms with Crippen LogP contribution >= 0.6 is 11.3 Å². The maximum Gasteiger partial charge on any atom is 0.140 e. The molecule has 2 fully saturated rings. The number of hydrogen-bond donors (Lipinski definition) is 1.